The van der Waals surface area contributed by atoms with Crippen molar-refractivity contribution in [2.75, 3.05) is 30.0 Å². The number of thioether (sulfide) groups is 1. The lowest BCUT2D eigenvalue weighted by molar-refractivity contribution is -0.113. The van der Waals surface area contributed by atoms with E-state index in [0.717, 1.165) is 5.69 Å². The number of nitrogens with zero attached hydrogens (tertiary/aromatic N) is 2. The average molecular weight is 444 g/mol. The molecule has 10 heteroatoms. The predicted octanol–water partition coefficient (Wildman–Crippen LogP) is 3.77. The summed E-state index contributed by atoms with van der Waals surface area (Å²) >= 11 is 2.64. The number of benzene rings is 2. The molecule has 156 valence electrons. The van der Waals surface area contributed by atoms with Crippen LogP contribution in [0, 0.1) is 0 Å². The smallest absolute Gasteiger partial charge is 0.251 e. The third-order valence-corrected chi connectivity index (χ3v) is 5.80. The van der Waals surface area contributed by atoms with Crippen LogP contribution in [0.5, 0.6) is 5.75 Å². The zero-order valence-corrected chi connectivity index (χ0v) is 18.1. The fraction of sp³-hybridized carbons (Fsp3) is 0.200. The average Bonchev–Trinajstić information content (AvgIpc) is 3.20. The number of hydrogen-bond acceptors (Lipinski definition) is 8. The summed E-state index contributed by atoms with van der Waals surface area (Å²) in [5.74, 6) is 0.514. The SMILES string of the molecule is CCNC(=O)c1cccc(NC(=O)CSc2nnc(Nc3ccccc3OC)s2)c1. The number of carbonyl (C=O) groups is 2. The summed E-state index contributed by atoms with van der Waals surface area (Å²) in [4.78, 5) is 24.2. The monoisotopic (exact) mass is 443 g/mol. The molecular formula is C20H21N5O3S2. The van der Waals surface area contributed by atoms with Gasteiger partial charge < -0.3 is 20.7 Å². The third kappa shape index (κ3) is 5.94. The molecule has 1 heterocycles. The van der Waals surface area contributed by atoms with Crippen LogP contribution in [0.3, 0.4) is 0 Å². The van der Waals surface area contributed by atoms with Gasteiger partial charge >= 0.3 is 0 Å². The number of methoxy groups -OCH3 is 1. The quantitative estimate of drug-likeness (QED) is 0.432. The van der Waals surface area contributed by atoms with E-state index in [2.05, 4.69) is 26.1 Å². The van der Waals surface area contributed by atoms with Crippen LogP contribution in [-0.4, -0.2) is 41.4 Å². The summed E-state index contributed by atoms with van der Waals surface area (Å²) in [5, 5.41) is 17.5. The summed E-state index contributed by atoms with van der Waals surface area (Å²) in [7, 11) is 1.60. The third-order valence-electron chi connectivity index (χ3n) is 3.83. The van der Waals surface area contributed by atoms with Crippen LogP contribution < -0.4 is 20.7 Å². The Kier molecular flexibility index (Phi) is 7.63. The summed E-state index contributed by atoms with van der Waals surface area (Å²) in [6.45, 7) is 2.40. The Labute approximate surface area is 182 Å². The van der Waals surface area contributed by atoms with Crippen LogP contribution in [-0.2, 0) is 4.79 Å². The van der Waals surface area contributed by atoms with E-state index >= 15 is 0 Å². The first-order valence-corrected chi connectivity index (χ1v) is 10.9. The number of ether oxygens (including phenoxy) is 1. The van der Waals surface area contributed by atoms with Crippen molar-refractivity contribution in [3.05, 3.63) is 54.1 Å². The molecule has 0 saturated carbocycles. The number of para-hydroxylation sites is 2. The first-order valence-electron chi connectivity index (χ1n) is 9.13. The number of rotatable bonds is 9. The summed E-state index contributed by atoms with van der Waals surface area (Å²) in [6.07, 6.45) is 0. The second kappa shape index (κ2) is 10.6. The fourth-order valence-electron chi connectivity index (χ4n) is 2.51. The number of hydrogen-bond donors (Lipinski definition) is 3. The van der Waals surface area contributed by atoms with E-state index in [1.807, 2.05) is 31.2 Å². The highest BCUT2D eigenvalue weighted by molar-refractivity contribution is 8.01. The van der Waals surface area contributed by atoms with E-state index in [4.69, 9.17) is 4.74 Å². The van der Waals surface area contributed by atoms with Gasteiger partial charge in [0, 0.05) is 17.8 Å². The number of nitrogens with one attached hydrogen (secondary N) is 3. The Morgan fingerprint density at radius 3 is 2.77 bits per heavy atom. The molecule has 0 aliphatic carbocycles. The van der Waals surface area contributed by atoms with E-state index in [1.54, 1.807) is 31.4 Å². The molecule has 30 heavy (non-hydrogen) atoms. The van der Waals surface area contributed by atoms with Crippen molar-refractivity contribution < 1.29 is 14.3 Å². The van der Waals surface area contributed by atoms with E-state index in [1.165, 1.54) is 23.1 Å². The predicted molar refractivity (Wildman–Crippen MR) is 120 cm³/mol. The fourth-order valence-corrected chi connectivity index (χ4v) is 4.07. The van der Waals surface area contributed by atoms with Crippen LogP contribution in [0.15, 0.2) is 52.9 Å². The van der Waals surface area contributed by atoms with E-state index in [-0.39, 0.29) is 17.6 Å². The van der Waals surface area contributed by atoms with Gasteiger partial charge in [0.05, 0.1) is 18.6 Å². The molecule has 0 fully saturated rings. The molecule has 8 nitrogen and oxygen atoms in total. The summed E-state index contributed by atoms with van der Waals surface area (Å²) in [5.41, 5.74) is 1.86. The maximum absolute atomic E-state index is 12.3. The number of anilines is 3. The molecular weight excluding hydrogens is 422 g/mol. The van der Waals surface area contributed by atoms with Crippen LogP contribution in [0.25, 0.3) is 0 Å². The minimum atomic E-state index is -0.192. The molecule has 2 amide bonds. The van der Waals surface area contributed by atoms with Crippen molar-refractivity contribution in [1.82, 2.24) is 15.5 Å². The Morgan fingerprint density at radius 2 is 1.97 bits per heavy atom. The van der Waals surface area contributed by atoms with Crippen molar-refractivity contribution in [3.8, 4) is 5.75 Å². The van der Waals surface area contributed by atoms with Gasteiger partial charge in [0.1, 0.15) is 5.75 Å². The molecule has 1 aromatic heterocycles. The van der Waals surface area contributed by atoms with Crippen molar-refractivity contribution in [2.24, 2.45) is 0 Å². The van der Waals surface area contributed by atoms with Crippen molar-refractivity contribution in [2.45, 2.75) is 11.3 Å². The molecule has 0 unspecified atom stereocenters. The van der Waals surface area contributed by atoms with E-state index in [9.17, 15) is 9.59 Å². The minimum Gasteiger partial charge on any atom is -0.495 e. The van der Waals surface area contributed by atoms with Crippen LogP contribution in [0.1, 0.15) is 17.3 Å². The largest absolute Gasteiger partial charge is 0.495 e. The normalized spacial score (nSPS) is 10.3. The van der Waals surface area contributed by atoms with Crippen LogP contribution in [0.2, 0.25) is 0 Å². The topological polar surface area (TPSA) is 105 Å². The van der Waals surface area contributed by atoms with Gasteiger partial charge in [0.25, 0.3) is 5.91 Å². The standard InChI is InChI=1S/C20H21N5O3S2/c1-3-21-18(27)13-7-6-8-14(11-13)22-17(26)12-29-20-25-24-19(30-20)23-15-9-4-5-10-16(15)28-2/h4-11H,3,12H2,1-2H3,(H,21,27)(H,22,26)(H,23,24). The molecule has 0 radical (unpaired) electrons. The highest BCUT2D eigenvalue weighted by Gasteiger charge is 2.11. The summed E-state index contributed by atoms with van der Waals surface area (Å²) < 4.78 is 5.97. The minimum absolute atomic E-state index is 0.174. The van der Waals surface area contributed by atoms with Gasteiger partial charge in [0.15, 0.2) is 4.34 Å². The highest BCUT2D eigenvalue weighted by Crippen LogP contribution is 2.31. The first kappa shape index (κ1) is 21.6. The molecule has 0 spiro atoms. The molecule has 3 N–H and O–H groups in total. The Bertz CT molecular complexity index is 1020. The van der Waals surface area contributed by atoms with Crippen LogP contribution >= 0.6 is 23.1 Å². The molecule has 0 saturated heterocycles. The van der Waals surface area contributed by atoms with Crippen molar-refractivity contribution >= 4 is 51.4 Å². The second-order valence-electron chi connectivity index (χ2n) is 5.98. The lowest BCUT2D eigenvalue weighted by Crippen LogP contribution is -2.23. The van der Waals surface area contributed by atoms with E-state index in [0.29, 0.717) is 33.0 Å². The molecule has 2 aromatic carbocycles. The Hall–Kier alpha value is -3.11. The van der Waals surface area contributed by atoms with Gasteiger partial charge in [-0.25, -0.2) is 0 Å². The number of amides is 2. The first-order chi connectivity index (χ1) is 14.6. The van der Waals surface area contributed by atoms with Gasteiger partial charge in [-0.3, -0.25) is 9.59 Å². The van der Waals surface area contributed by atoms with Gasteiger partial charge in [-0.1, -0.05) is 41.3 Å². The lowest BCUT2D eigenvalue weighted by Gasteiger charge is -2.07. The van der Waals surface area contributed by atoms with Crippen molar-refractivity contribution in [3.63, 3.8) is 0 Å². The molecule has 0 aliphatic rings. The van der Waals surface area contributed by atoms with Gasteiger partial charge in [0.2, 0.25) is 11.0 Å². The summed E-state index contributed by atoms with van der Waals surface area (Å²) in [6, 6.07) is 14.3. The second-order valence-corrected chi connectivity index (χ2v) is 8.18. The van der Waals surface area contributed by atoms with E-state index < -0.39 is 0 Å². The zero-order chi connectivity index (χ0) is 21.3. The number of carbonyl (C=O) groups excluding carboxylic acids is 2. The Morgan fingerprint density at radius 1 is 1.13 bits per heavy atom. The maximum atomic E-state index is 12.3. The van der Waals surface area contributed by atoms with Gasteiger partial charge in [-0.2, -0.15) is 0 Å². The maximum Gasteiger partial charge on any atom is 0.251 e. The van der Waals surface area contributed by atoms with Crippen LogP contribution in [0.4, 0.5) is 16.5 Å². The molecule has 3 aromatic rings. The van der Waals surface area contributed by atoms with Gasteiger partial charge in [-0.05, 0) is 37.3 Å². The van der Waals surface area contributed by atoms with Gasteiger partial charge in [-0.15, -0.1) is 10.2 Å². The highest BCUT2D eigenvalue weighted by atomic mass is 32.2. The number of aromatic nitrogens is 2. The lowest BCUT2D eigenvalue weighted by atomic mass is 10.2. The molecule has 0 aliphatic heterocycles. The zero-order valence-electron chi connectivity index (χ0n) is 16.5. The molecule has 0 atom stereocenters. The Balaban J connectivity index is 1.53. The molecule has 0 bridgehead atoms. The molecule has 3 rings (SSSR count). The van der Waals surface area contributed by atoms with Crippen molar-refractivity contribution in [1.29, 1.82) is 0 Å².